The van der Waals surface area contributed by atoms with Gasteiger partial charge in [-0.1, -0.05) is 0 Å². The summed E-state index contributed by atoms with van der Waals surface area (Å²) in [6.07, 6.45) is 1.40. The molecule has 0 rings (SSSR count). The summed E-state index contributed by atoms with van der Waals surface area (Å²) in [5.41, 5.74) is 7.34. The maximum absolute atomic E-state index is 9.61. The van der Waals surface area contributed by atoms with Crippen LogP contribution in [-0.4, -0.2) is 30.3 Å². The number of aliphatic hydroxyl groups excluding tert-OH is 1. The van der Waals surface area contributed by atoms with E-state index in [9.17, 15) is 4.91 Å². The molecule has 0 aromatic carbocycles. The summed E-state index contributed by atoms with van der Waals surface area (Å²) in [7, 11) is 0. The van der Waals surface area contributed by atoms with Gasteiger partial charge in [0.2, 0.25) is 5.96 Å². The quantitative estimate of drug-likeness (QED) is 0.119. The molecule has 0 heterocycles. The average molecular weight is 189 g/mol. The molecule has 0 unspecified atom stereocenters. The van der Waals surface area contributed by atoms with Crippen LogP contribution in [0.4, 0.5) is 0 Å². The van der Waals surface area contributed by atoms with Crippen LogP contribution in [0.3, 0.4) is 0 Å². The molecule has 76 valence electrons. The fourth-order valence-corrected chi connectivity index (χ4v) is 0.754. The molecule has 0 aliphatic carbocycles. The molecule has 0 saturated carbocycles. The molecule has 7 heteroatoms. The smallest absolute Gasteiger partial charge is 0.211 e. The molecule has 0 spiro atoms. The van der Waals surface area contributed by atoms with E-state index < -0.39 is 0 Å². The first kappa shape index (κ1) is 11.8. The number of hydrogen-bond acceptors (Lipinski definition) is 5. The summed E-state index contributed by atoms with van der Waals surface area (Å²) in [6.45, 7) is 0.487. The standard InChI is InChI=1S/C6H15N5O2/c7-5(4-12)2-1-3-9-6(8)10-11-13/h5,12H,1-4,7H2,(H3,8,9,10,13)/t5-/m0/s1. The van der Waals surface area contributed by atoms with Crippen LogP contribution in [0.5, 0.6) is 0 Å². The molecule has 0 amide bonds. The monoisotopic (exact) mass is 189 g/mol. The summed E-state index contributed by atoms with van der Waals surface area (Å²) in [6, 6.07) is -0.215. The second-order valence-corrected chi connectivity index (χ2v) is 2.59. The molecule has 0 radical (unpaired) electrons. The molecule has 0 saturated heterocycles. The Morgan fingerprint density at radius 1 is 1.69 bits per heavy atom. The zero-order valence-electron chi connectivity index (χ0n) is 7.29. The molecule has 0 aliphatic heterocycles. The SMILES string of the molecule is N=C(NCCC[C@H](N)CO)NN=O. The van der Waals surface area contributed by atoms with Gasteiger partial charge in [-0.3, -0.25) is 5.41 Å². The lowest BCUT2D eigenvalue weighted by atomic mass is 10.2. The van der Waals surface area contributed by atoms with Crippen molar-refractivity contribution in [1.82, 2.24) is 10.7 Å². The minimum absolute atomic E-state index is 0.0361. The Bertz CT molecular complexity index is 163. The van der Waals surface area contributed by atoms with E-state index in [1.165, 1.54) is 0 Å². The van der Waals surface area contributed by atoms with Gasteiger partial charge in [-0.15, -0.1) is 4.91 Å². The lowest BCUT2D eigenvalue weighted by molar-refractivity contribution is 0.258. The number of nitroso groups, excluding NO2 is 1. The lowest BCUT2D eigenvalue weighted by Gasteiger charge is -2.08. The van der Waals surface area contributed by atoms with Crippen LogP contribution in [0, 0.1) is 10.3 Å². The van der Waals surface area contributed by atoms with Crippen molar-refractivity contribution in [3.05, 3.63) is 4.91 Å². The predicted octanol–water partition coefficient (Wildman–Crippen LogP) is -1.12. The van der Waals surface area contributed by atoms with E-state index in [4.69, 9.17) is 16.2 Å². The first-order chi connectivity index (χ1) is 6.20. The van der Waals surface area contributed by atoms with Crippen molar-refractivity contribution in [2.24, 2.45) is 11.0 Å². The Balaban J connectivity index is 3.25. The van der Waals surface area contributed by atoms with Crippen molar-refractivity contribution in [1.29, 1.82) is 5.41 Å². The molecule has 1 atom stereocenters. The Hall–Kier alpha value is -1.21. The molecule has 6 N–H and O–H groups in total. The lowest BCUT2D eigenvalue weighted by Crippen LogP contribution is -2.34. The second kappa shape index (κ2) is 7.44. The highest BCUT2D eigenvalue weighted by Gasteiger charge is 1.99. The normalized spacial score (nSPS) is 11.8. The van der Waals surface area contributed by atoms with Gasteiger partial charge in [-0.05, 0) is 12.8 Å². The summed E-state index contributed by atoms with van der Waals surface area (Å²) in [5, 5.41) is 20.5. The molecule has 0 aromatic rings. The molecule has 0 aliphatic rings. The number of rotatable bonds is 6. The number of nitrogens with zero attached hydrogens (tertiary/aromatic N) is 1. The van der Waals surface area contributed by atoms with Crippen LogP contribution in [-0.2, 0) is 0 Å². The largest absolute Gasteiger partial charge is 0.395 e. The van der Waals surface area contributed by atoms with Gasteiger partial charge in [0.15, 0.2) is 0 Å². The zero-order valence-corrected chi connectivity index (χ0v) is 7.29. The van der Waals surface area contributed by atoms with E-state index in [-0.39, 0.29) is 18.6 Å². The molecule has 0 aromatic heterocycles. The minimum atomic E-state index is -0.215. The first-order valence-corrected chi connectivity index (χ1v) is 3.98. The van der Waals surface area contributed by atoms with Crippen LogP contribution < -0.4 is 16.5 Å². The van der Waals surface area contributed by atoms with Crippen molar-refractivity contribution >= 4 is 5.96 Å². The Kier molecular flexibility index (Phi) is 6.75. The van der Waals surface area contributed by atoms with Crippen molar-refractivity contribution in [2.75, 3.05) is 13.2 Å². The molecule has 13 heavy (non-hydrogen) atoms. The van der Waals surface area contributed by atoms with Crippen molar-refractivity contribution in [2.45, 2.75) is 18.9 Å². The molecular weight excluding hydrogens is 174 g/mol. The summed E-state index contributed by atoms with van der Waals surface area (Å²) >= 11 is 0. The molecular formula is C6H15N5O2. The highest BCUT2D eigenvalue weighted by atomic mass is 16.3. The van der Waals surface area contributed by atoms with Gasteiger partial charge < -0.3 is 16.2 Å². The number of aliphatic hydroxyl groups is 1. The van der Waals surface area contributed by atoms with Crippen LogP contribution >= 0.6 is 0 Å². The minimum Gasteiger partial charge on any atom is -0.395 e. The van der Waals surface area contributed by atoms with E-state index in [0.29, 0.717) is 13.0 Å². The number of hydrogen-bond donors (Lipinski definition) is 5. The third-order valence-corrected chi connectivity index (χ3v) is 1.45. The van der Waals surface area contributed by atoms with E-state index in [0.717, 1.165) is 6.42 Å². The maximum Gasteiger partial charge on any atom is 0.211 e. The fourth-order valence-electron chi connectivity index (χ4n) is 0.754. The van der Waals surface area contributed by atoms with Gasteiger partial charge in [0.1, 0.15) is 0 Å². The topological polar surface area (TPSA) is 124 Å². The van der Waals surface area contributed by atoms with Gasteiger partial charge in [-0.25, -0.2) is 5.43 Å². The predicted molar refractivity (Wildman–Crippen MR) is 49.0 cm³/mol. The van der Waals surface area contributed by atoms with Crippen LogP contribution in [0.25, 0.3) is 0 Å². The molecule has 7 nitrogen and oxygen atoms in total. The first-order valence-electron chi connectivity index (χ1n) is 3.98. The van der Waals surface area contributed by atoms with E-state index in [2.05, 4.69) is 10.6 Å². The summed E-state index contributed by atoms with van der Waals surface area (Å²) in [4.78, 5) is 9.61. The maximum atomic E-state index is 9.61. The third kappa shape index (κ3) is 7.16. The Morgan fingerprint density at radius 2 is 2.38 bits per heavy atom. The zero-order chi connectivity index (χ0) is 10.1. The van der Waals surface area contributed by atoms with E-state index in [1.807, 2.05) is 5.43 Å². The molecule has 0 bridgehead atoms. The van der Waals surface area contributed by atoms with Crippen molar-refractivity contribution in [3.8, 4) is 0 Å². The number of nitrogens with one attached hydrogen (secondary N) is 3. The highest BCUT2D eigenvalue weighted by molar-refractivity contribution is 5.75. The van der Waals surface area contributed by atoms with E-state index in [1.54, 1.807) is 0 Å². The molecule has 0 fully saturated rings. The van der Waals surface area contributed by atoms with Gasteiger partial charge in [-0.2, -0.15) is 0 Å². The van der Waals surface area contributed by atoms with Crippen LogP contribution in [0.15, 0.2) is 5.29 Å². The second-order valence-electron chi connectivity index (χ2n) is 2.59. The highest BCUT2D eigenvalue weighted by Crippen LogP contribution is 1.91. The van der Waals surface area contributed by atoms with Gasteiger partial charge in [0, 0.05) is 12.6 Å². The average Bonchev–Trinajstić information content (AvgIpc) is 2.12. The number of nitrogens with two attached hydrogens (primary N) is 1. The third-order valence-electron chi connectivity index (χ3n) is 1.45. The Labute approximate surface area is 76.1 Å². The van der Waals surface area contributed by atoms with Crippen molar-refractivity contribution in [3.63, 3.8) is 0 Å². The van der Waals surface area contributed by atoms with Crippen molar-refractivity contribution < 1.29 is 5.11 Å². The fraction of sp³-hybridized carbons (Fsp3) is 0.833. The summed E-state index contributed by atoms with van der Waals surface area (Å²) in [5.74, 6) is -0.132. The Morgan fingerprint density at radius 3 is 2.92 bits per heavy atom. The van der Waals surface area contributed by atoms with Gasteiger partial charge in [0.25, 0.3) is 0 Å². The van der Waals surface area contributed by atoms with Gasteiger partial charge in [0.05, 0.1) is 11.9 Å². The van der Waals surface area contributed by atoms with Crippen LogP contribution in [0.1, 0.15) is 12.8 Å². The van der Waals surface area contributed by atoms with Gasteiger partial charge >= 0.3 is 0 Å². The number of guanidine groups is 1. The van der Waals surface area contributed by atoms with Crippen LogP contribution in [0.2, 0.25) is 0 Å². The summed E-state index contributed by atoms with van der Waals surface area (Å²) < 4.78 is 0. The van der Waals surface area contributed by atoms with E-state index >= 15 is 0 Å².